The quantitative estimate of drug-likeness (QED) is 0.0493. The van der Waals surface area contributed by atoms with Crippen molar-refractivity contribution in [2.45, 2.75) is 250 Å². The number of carbonyl (C=O) groups is 3. The van der Waals surface area contributed by atoms with E-state index in [1.165, 1.54) is 38.0 Å². The van der Waals surface area contributed by atoms with Gasteiger partial charge in [-0.3, -0.25) is 14.8 Å². The van der Waals surface area contributed by atoms with E-state index in [9.17, 15) is 28.8 Å². The lowest BCUT2D eigenvalue weighted by atomic mass is 9.90. The fraction of sp³-hybridized carbons (Fsp3) is 0.404. The standard InChI is InChI=1S/C35H40ClFN6O3.C33H37BrClFN6O3.C33H34ClFN6O2.C8H15BO2/c1-10-23-15-20(4)30(28(38-23)19(2)3)43-32-25(16-26(36)29(39-32)24-13-11-12-14-27(24)37)31(40-33(43)44)41-17-22(6)42(18-21(41)5)34(45)46-35(7,8)9;1-17(2)26-28(18(3)13-25(34)37-26)42-30-22(14-23(35)27(38-30)21-11-9-10-12-24(21)36)29(39-31(42)43)40-15-20(5)41(16-19(40)4)32(44)45-33(6,7)8;1-8-22-14-19(5)30(28(36-22)18(3)4)41-32-24(15-25(34)29(37-32)23-12-10-11-13-26(23)35)31(38-33(41)43)40-17-20(6)39(16-21(40)7)27(42)9-2;1-6-9-10-7(2,3)8(4,5)11-9/h10-16,19,21-22H,1,17-18H2,2-9H3;9-14,17,19-20H,15-16H2,1-8H3;8-15,18,20-21H,1-2,16-17H2,3-7H3;6H,1H2,2-5H3/t21-,22+;19-,20+;20-,21+;/m001./s1. The van der Waals surface area contributed by atoms with Crippen LogP contribution in [0, 0.1) is 38.2 Å². The molecule has 9 aromatic heterocycles. The molecule has 0 aliphatic carbocycles. The number of halogens is 7. The van der Waals surface area contributed by atoms with Crippen LogP contribution >= 0.6 is 50.7 Å². The Balaban J connectivity index is 0.000000172. The summed E-state index contributed by atoms with van der Waals surface area (Å²) >= 11 is 24.0. The summed E-state index contributed by atoms with van der Waals surface area (Å²) < 4.78 is 72.6. The summed E-state index contributed by atoms with van der Waals surface area (Å²) in [5, 5.41) is 2.18. The highest BCUT2D eigenvalue weighted by atomic mass is 79.9. The molecule has 12 aromatic rings. The minimum atomic E-state index is -0.635. The summed E-state index contributed by atoms with van der Waals surface area (Å²) in [5.74, 6) is 1.08. The van der Waals surface area contributed by atoms with Gasteiger partial charge in [0.2, 0.25) is 5.91 Å². The summed E-state index contributed by atoms with van der Waals surface area (Å²) in [6.45, 7) is 65.7. The fourth-order valence-corrected chi connectivity index (χ4v) is 19.6. The van der Waals surface area contributed by atoms with Crippen LogP contribution < -0.4 is 31.8 Å². The Kier molecular flexibility index (Phi) is 33.0. The van der Waals surface area contributed by atoms with Crippen molar-refractivity contribution in [3.05, 3.63) is 261 Å². The van der Waals surface area contributed by atoms with Gasteiger partial charge in [0, 0.05) is 92.2 Å². The van der Waals surface area contributed by atoms with Crippen molar-refractivity contribution in [2.24, 2.45) is 0 Å². The van der Waals surface area contributed by atoms with Gasteiger partial charge in [-0.15, -0.1) is 6.58 Å². The summed E-state index contributed by atoms with van der Waals surface area (Å²) in [6, 6.07) is 28.0. The van der Waals surface area contributed by atoms with Gasteiger partial charge in [-0.25, -0.2) is 70.8 Å². The number of amides is 3. The van der Waals surface area contributed by atoms with Gasteiger partial charge in [-0.05, 0) is 273 Å². The highest BCUT2D eigenvalue weighted by Crippen LogP contribution is 2.44. The molecular formula is C109H126BBrCl3F3N18O10. The number of nitrogens with zero attached hydrogens (tertiary/aromatic N) is 18. The van der Waals surface area contributed by atoms with Crippen LogP contribution in [0.5, 0.6) is 0 Å². The van der Waals surface area contributed by atoms with E-state index in [0.717, 1.165) is 16.7 Å². The van der Waals surface area contributed by atoms with Crippen molar-refractivity contribution in [2.75, 3.05) is 54.0 Å². The normalized spacial score (nSPS) is 17.9. The monoisotopic (exact) mass is 2100 g/mol. The first-order valence-electron chi connectivity index (χ1n) is 48.3. The molecule has 13 heterocycles. The number of hydrogen-bond donors (Lipinski definition) is 0. The second-order valence-electron chi connectivity index (χ2n) is 41.1. The summed E-state index contributed by atoms with van der Waals surface area (Å²) in [4.78, 5) is 135. The Morgan fingerprint density at radius 2 is 0.731 bits per heavy atom. The smallest absolute Gasteiger partial charge is 0.444 e. The summed E-state index contributed by atoms with van der Waals surface area (Å²) in [5.41, 5.74) is 6.09. The fourth-order valence-electron chi connectivity index (χ4n) is 18.3. The lowest BCUT2D eigenvalue weighted by Gasteiger charge is -2.44. The van der Waals surface area contributed by atoms with Crippen LogP contribution in [0.4, 0.5) is 40.2 Å². The molecule has 3 amide bonds. The maximum Gasteiger partial charge on any atom is 0.486 e. The SMILES string of the molecule is C=CB1OC(C)(C)C(C)(C)O1.C=CC(=O)N1C[C@H](C)N(c2nc(=O)n(-c3c(C)cc(C=C)nc3C(C)C)c3nc(-c4ccccc4F)c(Cl)cc23)C[C@H]1C.C=Cc1cc(C)c(-n2c(=O)nc(N3C[C@@H](C)N(C(=O)OC(C)(C)C)C[C@@H]3C)c3cc(Cl)c(-c4ccccc4F)nc32)c(C(C)C)n1.Cc1cc(Br)nc(C(C)C)c1-n1c(=O)nc(N2C[C@@H](C)N(C(=O)OC(C)(C)C)C[C@@H]2C)c2cc(Cl)c(-c3ccccc3F)nc21. The Labute approximate surface area is 868 Å². The van der Waals surface area contributed by atoms with E-state index in [1.54, 1.807) is 106 Å². The summed E-state index contributed by atoms with van der Waals surface area (Å²) in [7, 11) is -0.250. The molecule has 4 fully saturated rings. The largest absolute Gasteiger partial charge is 0.486 e. The lowest BCUT2D eigenvalue weighted by Crippen LogP contribution is -2.59. The molecule has 764 valence electrons. The third-order valence-electron chi connectivity index (χ3n) is 26.1. The van der Waals surface area contributed by atoms with Gasteiger partial charge in [0.15, 0.2) is 16.9 Å². The second-order valence-corrected chi connectivity index (χ2v) is 43.1. The highest BCUT2D eigenvalue weighted by molar-refractivity contribution is 9.10. The van der Waals surface area contributed by atoms with Gasteiger partial charge in [0.1, 0.15) is 50.7 Å². The van der Waals surface area contributed by atoms with E-state index < -0.39 is 57.9 Å². The number of benzene rings is 3. The molecule has 0 N–H and O–H groups in total. The highest BCUT2D eigenvalue weighted by Gasteiger charge is 2.50. The molecule has 0 spiro atoms. The molecule has 36 heteroatoms. The molecule has 4 aliphatic heterocycles. The number of anilines is 3. The molecule has 0 saturated carbocycles. The number of rotatable bonds is 16. The topological polar surface area (TPSA) is 290 Å². The lowest BCUT2D eigenvalue weighted by molar-refractivity contribution is -0.128. The molecule has 4 saturated heterocycles. The molecule has 4 aliphatic rings. The van der Waals surface area contributed by atoms with Crippen LogP contribution in [0.15, 0.2) is 167 Å². The maximum atomic E-state index is 15.1. The molecule has 3 aromatic carbocycles. The van der Waals surface area contributed by atoms with Gasteiger partial charge in [-0.1, -0.05) is 138 Å². The maximum absolute atomic E-state index is 15.1. The number of fused-ring (bicyclic) bond motifs is 3. The Morgan fingerprint density at radius 3 is 1.01 bits per heavy atom. The summed E-state index contributed by atoms with van der Waals surface area (Å²) in [6.07, 6.45) is 3.85. The minimum Gasteiger partial charge on any atom is -0.444 e. The molecule has 6 atom stereocenters. The Morgan fingerprint density at radius 1 is 0.441 bits per heavy atom. The van der Waals surface area contributed by atoms with Crippen LogP contribution in [0.2, 0.25) is 15.1 Å². The number of piperazine rings is 3. The molecular weight excluding hydrogens is 1980 g/mol. The van der Waals surface area contributed by atoms with Crippen molar-refractivity contribution in [3.8, 4) is 50.8 Å². The average Bonchev–Trinajstić information content (AvgIpc) is 1.46. The Bertz CT molecular complexity index is 7280. The molecule has 145 heavy (non-hydrogen) atoms. The van der Waals surface area contributed by atoms with Crippen molar-refractivity contribution in [3.63, 3.8) is 0 Å². The first-order valence-corrected chi connectivity index (χ1v) is 50.3. The molecule has 16 rings (SSSR count). The van der Waals surface area contributed by atoms with E-state index in [0.29, 0.717) is 123 Å². The molecule has 28 nitrogen and oxygen atoms in total. The van der Waals surface area contributed by atoms with Gasteiger partial charge in [-0.2, -0.15) is 15.0 Å². The molecule has 0 bridgehead atoms. The van der Waals surface area contributed by atoms with E-state index in [1.807, 2.05) is 206 Å². The average molecular weight is 2100 g/mol. The van der Waals surface area contributed by atoms with Gasteiger partial charge in [0.25, 0.3) is 0 Å². The predicted molar refractivity (Wildman–Crippen MR) is 577 cm³/mol. The minimum absolute atomic E-state index is 0.0435. The van der Waals surface area contributed by atoms with E-state index in [-0.39, 0.29) is 144 Å². The molecule has 0 unspecified atom stereocenters. The third kappa shape index (κ3) is 23.0. The van der Waals surface area contributed by atoms with Crippen molar-refractivity contribution in [1.29, 1.82) is 0 Å². The number of ether oxygens (including phenoxy) is 2. The first-order chi connectivity index (χ1) is 68.0. The van der Waals surface area contributed by atoms with Crippen molar-refractivity contribution < 1.29 is 46.3 Å². The molecule has 0 radical (unpaired) electrons. The van der Waals surface area contributed by atoms with Crippen LogP contribution in [-0.2, 0) is 23.6 Å². The van der Waals surface area contributed by atoms with E-state index >= 15 is 13.2 Å². The van der Waals surface area contributed by atoms with E-state index in [2.05, 4.69) is 57.2 Å². The van der Waals surface area contributed by atoms with Gasteiger partial charge in [0.05, 0.1) is 105 Å². The van der Waals surface area contributed by atoms with Crippen molar-refractivity contribution in [1.82, 2.24) is 73.3 Å². The number of aromatic nitrogens is 12. The number of pyridine rings is 6. The Hall–Kier alpha value is -12.5. The van der Waals surface area contributed by atoms with Crippen LogP contribution in [0.25, 0.3) is 96.1 Å². The number of hydrogen-bond acceptors (Lipinski definition) is 22. The number of aryl methyl sites for hydroxylation is 3. The third-order valence-corrected chi connectivity index (χ3v) is 27.4. The predicted octanol–water partition coefficient (Wildman–Crippen LogP) is 23.3. The zero-order chi connectivity index (χ0) is 106. The second kappa shape index (κ2) is 43.6. The van der Waals surface area contributed by atoms with Crippen LogP contribution in [0.3, 0.4) is 0 Å². The first kappa shape index (κ1) is 110. The van der Waals surface area contributed by atoms with Crippen LogP contribution in [-0.4, -0.2) is 196 Å². The van der Waals surface area contributed by atoms with Gasteiger partial charge >= 0.3 is 36.4 Å². The zero-order valence-electron chi connectivity index (χ0n) is 86.8. The zero-order valence-corrected chi connectivity index (χ0v) is 90.7. The van der Waals surface area contributed by atoms with Crippen LogP contribution in [0.1, 0.15) is 215 Å². The van der Waals surface area contributed by atoms with E-state index in [4.69, 9.17) is 83.5 Å². The number of carbonyl (C=O) groups excluding carboxylic acids is 3. The van der Waals surface area contributed by atoms with Crippen molar-refractivity contribution >= 4 is 139 Å². The van der Waals surface area contributed by atoms with Gasteiger partial charge < -0.3 is 48.2 Å².